The molecule has 0 aliphatic heterocycles. The average molecular weight is 236 g/mol. The molecule has 92 valence electrons. The Morgan fingerprint density at radius 2 is 1.47 bits per heavy atom. The third-order valence-corrected chi connectivity index (χ3v) is 4.63. The van der Waals surface area contributed by atoms with E-state index in [0.717, 1.165) is 0 Å². The Morgan fingerprint density at radius 3 is 1.73 bits per heavy atom. The smallest absolute Gasteiger partial charge is 0.361 e. The van der Waals surface area contributed by atoms with E-state index in [0.29, 0.717) is 26.4 Å². The van der Waals surface area contributed by atoms with Crippen molar-refractivity contribution >= 4 is 8.97 Å². The maximum atomic E-state index is 5.61. The van der Waals surface area contributed by atoms with E-state index in [1.807, 2.05) is 27.7 Å². The Balaban J connectivity index is 4.44. The molecule has 0 radical (unpaired) electrons. The van der Waals surface area contributed by atoms with Gasteiger partial charge in [-0.1, -0.05) is 0 Å². The lowest BCUT2D eigenvalue weighted by Crippen LogP contribution is -2.63. The van der Waals surface area contributed by atoms with Crippen LogP contribution in [0.3, 0.4) is 0 Å². The summed E-state index contributed by atoms with van der Waals surface area (Å²) in [6.45, 7) is 9.99. The molecule has 0 saturated heterocycles. The van der Waals surface area contributed by atoms with Gasteiger partial charge in [-0.15, -0.1) is 0 Å². The van der Waals surface area contributed by atoms with E-state index in [1.54, 1.807) is 0 Å². The van der Waals surface area contributed by atoms with Gasteiger partial charge in [0.1, 0.15) is 0 Å². The molecule has 15 heavy (non-hydrogen) atoms. The second kappa shape index (κ2) is 8.20. The van der Waals surface area contributed by atoms with Gasteiger partial charge >= 0.3 is 8.97 Å². The van der Waals surface area contributed by atoms with E-state index in [9.17, 15) is 0 Å². The van der Waals surface area contributed by atoms with Crippen LogP contribution >= 0.6 is 0 Å². The summed E-state index contributed by atoms with van der Waals surface area (Å²) < 4.78 is 16.8. The summed E-state index contributed by atoms with van der Waals surface area (Å²) in [5.74, 6) is 0. The van der Waals surface area contributed by atoms with Crippen molar-refractivity contribution in [2.24, 2.45) is 5.73 Å². The molecule has 0 aromatic rings. The molecule has 0 aliphatic carbocycles. The molecule has 0 fully saturated rings. The van der Waals surface area contributed by atoms with Crippen molar-refractivity contribution < 1.29 is 13.3 Å². The molecule has 3 N–H and O–H groups in total. The fourth-order valence-electron chi connectivity index (χ4n) is 1.18. The SMILES string of the molecule is CCO[Si](NC(C)CN)(OCC)OCC. The number of nitrogens with two attached hydrogens (primary N) is 1. The molecule has 0 spiro atoms. The van der Waals surface area contributed by atoms with Crippen LogP contribution in [0.2, 0.25) is 0 Å². The van der Waals surface area contributed by atoms with Gasteiger partial charge in [-0.2, -0.15) is 0 Å². The number of hydrogen-bond donors (Lipinski definition) is 2. The molecule has 1 unspecified atom stereocenters. The Kier molecular flexibility index (Phi) is 8.21. The summed E-state index contributed by atoms with van der Waals surface area (Å²) in [6, 6.07) is 0.126. The highest BCUT2D eigenvalue weighted by molar-refractivity contribution is 6.58. The Bertz CT molecular complexity index is 143. The van der Waals surface area contributed by atoms with Gasteiger partial charge < -0.3 is 19.0 Å². The van der Waals surface area contributed by atoms with Crippen LogP contribution in [0.5, 0.6) is 0 Å². The predicted octanol–water partition coefficient (Wildman–Crippen LogP) is 0.468. The fourth-order valence-corrected chi connectivity index (χ4v) is 3.54. The summed E-state index contributed by atoms with van der Waals surface area (Å²) in [4.78, 5) is 3.23. The Labute approximate surface area is 93.7 Å². The maximum absolute atomic E-state index is 5.61. The second-order valence-electron chi connectivity index (χ2n) is 3.14. The topological polar surface area (TPSA) is 65.7 Å². The van der Waals surface area contributed by atoms with E-state index in [2.05, 4.69) is 4.98 Å². The molecule has 0 rings (SSSR count). The molecule has 0 aromatic carbocycles. The minimum absolute atomic E-state index is 0.126. The number of nitrogens with one attached hydrogen (secondary N) is 1. The molecule has 6 heteroatoms. The van der Waals surface area contributed by atoms with Gasteiger partial charge in [-0.05, 0) is 27.7 Å². The predicted molar refractivity (Wildman–Crippen MR) is 62.3 cm³/mol. The second-order valence-corrected chi connectivity index (χ2v) is 5.40. The molecule has 0 aromatic heterocycles. The summed E-state index contributed by atoms with van der Waals surface area (Å²) in [6.07, 6.45) is 0. The van der Waals surface area contributed by atoms with Crippen LogP contribution in [0.4, 0.5) is 0 Å². The average Bonchev–Trinajstić information content (AvgIpc) is 2.18. The molecule has 1 atom stereocenters. The maximum Gasteiger partial charge on any atom is 0.597 e. The van der Waals surface area contributed by atoms with E-state index in [4.69, 9.17) is 19.0 Å². The van der Waals surface area contributed by atoms with Crippen molar-refractivity contribution in [1.82, 2.24) is 4.98 Å². The zero-order valence-corrected chi connectivity index (χ0v) is 11.2. The lowest BCUT2D eigenvalue weighted by molar-refractivity contribution is 0.0570. The van der Waals surface area contributed by atoms with Crippen molar-refractivity contribution in [2.45, 2.75) is 33.7 Å². The third kappa shape index (κ3) is 5.60. The lowest BCUT2D eigenvalue weighted by Gasteiger charge is -2.30. The van der Waals surface area contributed by atoms with Crippen LogP contribution in [0, 0.1) is 0 Å². The standard InChI is InChI=1S/C9H24N2O3Si/c1-5-12-15(13-6-2,14-7-3)11-9(4)8-10/h9,11H,5-8,10H2,1-4H3. The van der Waals surface area contributed by atoms with Gasteiger partial charge in [0, 0.05) is 32.4 Å². The lowest BCUT2D eigenvalue weighted by atomic mass is 10.4. The molecule has 0 saturated carbocycles. The molecule has 0 aliphatic rings. The van der Waals surface area contributed by atoms with E-state index in [1.165, 1.54) is 0 Å². The van der Waals surface area contributed by atoms with E-state index in [-0.39, 0.29) is 6.04 Å². The highest BCUT2D eigenvalue weighted by Crippen LogP contribution is 2.07. The molecular weight excluding hydrogens is 212 g/mol. The highest BCUT2D eigenvalue weighted by Gasteiger charge is 2.42. The van der Waals surface area contributed by atoms with Crippen LogP contribution in [-0.2, 0) is 13.3 Å². The minimum atomic E-state index is -2.71. The van der Waals surface area contributed by atoms with Crippen molar-refractivity contribution in [3.8, 4) is 0 Å². The Morgan fingerprint density at radius 1 is 1.07 bits per heavy atom. The first-order chi connectivity index (χ1) is 7.14. The van der Waals surface area contributed by atoms with Crippen molar-refractivity contribution in [3.63, 3.8) is 0 Å². The Hall–Kier alpha value is 0.0169. The summed E-state index contributed by atoms with van der Waals surface area (Å²) >= 11 is 0. The van der Waals surface area contributed by atoms with Gasteiger partial charge in [0.05, 0.1) is 0 Å². The zero-order chi connectivity index (χ0) is 11.7. The van der Waals surface area contributed by atoms with Crippen molar-refractivity contribution in [2.75, 3.05) is 26.4 Å². The van der Waals surface area contributed by atoms with Crippen LogP contribution in [-0.4, -0.2) is 41.4 Å². The van der Waals surface area contributed by atoms with E-state index < -0.39 is 8.97 Å². The van der Waals surface area contributed by atoms with Gasteiger partial charge in [0.2, 0.25) is 0 Å². The van der Waals surface area contributed by atoms with Gasteiger partial charge in [0.25, 0.3) is 0 Å². The fraction of sp³-hybridized carbons (Fsp3) is 1.00. The minimum Gasteiger partial charge on any atom is -0.361 e. The number of hydrogen-bond acceptors (Lipinski definition) is 5. The van der Waals surface area contributed by atoms with Crippen molar-refractivity contribution in [1.29, 1.82) is 0 Å². The molecule has 5 nitrogen and oxygen atoms in total. The van der Waals surface area contributed by atoms with Crippen LogP contribution in [0.1, 0.15) is 27.7 Å². The third-order valence-electron chi connectivity index (χ3n) is 1.78. The quantitative estimate of drug-likeness (QED) is 0.570. The normalized spacial score (nSPS) is 14.2. The molecule has 0 amide bonds. The molecular formula is C9H24N2O3Si. The first kappa shape index (κ1) is 15.0. The van der Waals surface area contributed by atoms with Crippen LogP contribution < -0.4 is 10.7 Å². The van der Waals surface area contributed by atoms with E-state index >= 15 is 0 Å². The van der Waals surface area contributed by atoms with Crippen molar-refractivity contribution in [3.05, 3.63) is 0 Å². The largest absolute Gasteiger partial charge is 0.597 e. The molecule has 0 heterocycles. The van der Waals surface area contributed by atoms with Crippen LogP contribution in [0.15, 0.2) is 0 Å². The first-order valence-corrected chi connectivity index (χ1v) is 7.26. The summed E-state index contributed by atoms with van der Waals surface area (Å²) in [7, 11) is -2.71. The van der Waals surface area contributed by atoms with Gasteiger partial charge in [-0.25, -0.2) is 0 Å². The molecule has 0 bridgehead atoms. The zero-order valence-electron chi connectivity index (χ0n) is 10.2. The summed E-state index contributed by atoms with van der Waals surface area (Å²) in [5, 5.41) is 0. The summed E-state index contributed by atoms with van der Waals surface area (Å²) in [5.41, 5.74) is 5.56. The highest BCUT2D eigenvalue weighted by atomic mass is 28.4. The first-order valence-electron chi connectivity index (χ1n) is 5.53. The number of rotatable bonds is 9. The monoisotopic (exact) mass is 236 g/mol. The van der Waals surface area contributed by atoms with Gasteiger partial charge in [-0.3, -0.25) is 4.98 Å². The van der Waals surface area contributed by atoms with Crippen LogP contribution in [0.25, 0.3) is 0 Å². The van der Waals surface area contributed by atoms with Gasteiger partial charge in [0.15, 0.2) is 0 Å².